The lowest BCUT2D eigenvalue weighted by molar-refractivity contribution is -0.118. The molecule has 4 nitrogen and oxygen atoms in total. The number of hydrogen-bond donors (Lipinski definition) is 2. The number of benzene rings is 1. The molecule has 4 heteroatoms. The zero-order chi connectivity index (χ0) is 16.7. The maximum atomic E-state index is 11.9. The standard InChI is InChI=1S/C19H29NO3/c1-14(2)18(21)12-19(22)20-16-8-6-7-15(11-16)13-23-17-9-4-3-5-10-17/h6-8,11,14,17-18,21H,3-5,9-10,12-13H2,1-2H3,(H,20,22). The molecule has 1 unspecified atom stereocenters. The molecule has 0 bridgehead atoms. The first-order valence-corrected chi connectivity index (χ1v) is 8.73. The monoisotopic (exact) mass is 319 g/mol. The van der Waals surface area contributed by atoms with Crippen molar-refractivity contribution in [3.8, 4) is 0 Å². The average Bonchev–Trinajstić information content (AvgIpc) is 2.54. The Balaban J connectivity index is 1.82. The molecule has 1 saturated carbocycles. The summed E-state index contributed by atoms with van der Waals surface area (Å²) in [5, 5.41) is 12.6. The molecule has 0 radical (unpaired) electrons. The Morgan fingerprint density at radius 3 is 2.74 bits per heavy atom. The smallest absolute Gasteiger partial charge is 0.226 e. The van der Waals surface area contributed by atoms with Gasteiger partial charge in [-0.25, -0.2) is 0 Å². The third kappa shape index (κ3) is 6.32. The van der Waals surface area contributed by atoms with Gasteiger partial charge in [0.05, 0.1) is 25.2 Å². The summed E-state index contributed by atoms with van der Waals surface area (Å²) in [4.78, 5) is 11.9. The minimum absolute atomic E-state index is 0.0796. The van der Waals surface area contributed by atoms with Gasteiger partial charge in [0, 0.05) is 5.69 Å². The predicted molar refractivity (Wildman–Crippen MR) is 92.2 cm³/mol. The van der Waals surface area contributed by atoms with Crippen LogP contribution >= 0.6 is 0 Å². The number of aliphatic hydroxyl groups is 1. The van der Waals surface area contributed by atoms with Crippen LogP contribution in [0.15, 0.2) is 24.3 Å². The molecule has 128 valence electrons. The topological polar surface area (TPSA) is 58.6 Å². The molecule has 1 aromatic carbocycles. The van der Waals surface area contributed by atoms with Crippen molar-refractivity contribution >= 4 is 11.6 Å². The van der Waals surface area contributed by atoms with Gasteiger partial charge in [0.25, 0.3) is 0 Å². The minimum Gasteiger partial charge on any atom is -0.392 e. The number of carbonyl (C=O) groups is 1. The van der Waals surface area contributed by atoms with Crippen LogP contribution in [0.3, 0.4) is 0 Å². The maximum absolute atomic E-state index is 11.9. The highest BCUT2D eigenvalue weighted by atomic mass is 16.5. The molecule has 1 aliphatic rings. The van der Waals surface area contributed by atoms with E-state index in [0.717, 1.165) is 24.1 Å². The van der Waals surface area contributed by atoms with E-state index in [1.54, 1.807) is 0 Å². The number of aliphatic hydroxyl groups excluding tert-OH is 1. The van der Waals surface area contributed by atoms with Crippen LogP contribution in [-0.2, 0) is 16.1 Å². The molecule has 23 heavy (non-hydrogen) atoms. The van der Waals surface area contributed by atoms with Crippen molar-refractivity contribution in [1.29, 1.82) is 0 Å². The molecule has 0 spiro atoms. The van der Waals surface area contributed by atoms with E-state index in [0.29, 0.717) is 12.7 Å². The minimum atomic E-state index is -0.604. The van der Waals surface area contributed by atoms with Crippen molar-refractivity contribution in [3.63, 3.8) is 0 Å². The molecule has 1 atom stereocenters. The van der Waals surface area contributed by atoms with Gasteiger partial charge in [-0.1, -0.05) is 45.2 Å². The lowest BCUT2D eigenvalue weighted by Gasteiger charge is -2.22. The van der Waals surface area contributed by atoms with Gasteiger partial charge in [-0.2, -0.15) is 0 Å². The summed E-state index contributed by atoms with van der Waals surface area (Å²) < 4.78 is 5.97. The lowest BCUT2D eigenvalue weighted by atomic mass is 9.98. The molecule has 2 rings (SSSR count). The normalized spacial score (nSPS) is 17.2. The van der Waals surface area contributed by atoms with Gasteiger partial charge in [0.1, 0.15) is 0 Å². The van der Waals surface area contributed by atoms with Crippen molar-refractivity contribution < 1.29 is 14.6 Å². The van der Waals surface area contributed by atoms with Crippen molar-refractivity contribution in [2.45, 2.75) is 71.2 Å². The molecular weight excluding hydrogens is 290 g/mol. The fourth-order valence-corrected chi connectivity index (χ4v) is 2.82. The second-order valence-electron chi connectivity index (χ2n) is 6.84. The van der Waals surface area contributed by atoms with E-state index in [-0.39, 0.29) is 18.2 Å². The molecule has 0 aliphatic heterocycles. The van der Waals surface area contributed by atoms with Gasteiger partial charge < -0.3 is 15.2 Å². The maximum Gasteiger partial charge on any atom is 0.226 e. The Morgan fingerprint density at radius 2 is 2.04 bits per heavy atom. The van der Waals surface area contributed by atoms with E-state index in [2.05, 4.69) is 5.32 Å². The summed E-state index contributed by atoms with van der Waals surface area (Å²) in [6.45, 7) is 4.39. The zero-order valence-electron chi connectivity index (χ0n) is 14.3. The van der Waals surface area contributed by atoms with Gasteiger partial charge in [0.15, 0.2) is 0 Å². The first-order valence-electron chi connectivity index (χ1n) is 8.73. The Labute approximate surface area is 139 Å². The first kappa shape index (κ1) is 18.0. The fourth-order valence-electron chi connectivity index (χ4n) is 2.82. The third-order valence-electron chi connectivity index (χ3n) is 4.41. The van der Waals surface area contributed by atoms with Crippen LogP contribution in [0, 0.1) is 5.92 Å². The van der Waals surface area contributed by atoms with E-state index in [9.17, 15) is 9.90 Å². The lowest BCUT2D eigenvalue weighted by Crippen LogP contribution is -2.23. The molecule has 2 N–H and O–H groups in total. The number of anilines is 1. The molecule has 1 aromatic rings. The van der Waals surface area contributed by atoms with Crippen LogP contribution in [0.25, 0.3) is 0 Å². The van der Waals surface area contributed by atoms with Crippen LogP contribution in [0.2, 0.25) is 0 Å². The Hall–Kier alpha value is -1.39. The summed E-state index contributed by atoms with van der Waals surface area (Å²) >= 11 is 0. The number of ether oxygens (including phenoxy) is 1. The van der Waals surface area contributed by atoms with Crippen LogP contribution in [-0.4, -0.2) is 23.2 Å². The summed E-state index contributed by atoms with van der Waals surface area (Å²) in [5.41, 5.74) is 1.83. The number of hydrogen-bond acceptors (Lipinski definition) is 3. The van der Waals surface area contributed by atoms with Crippen LogP contribution in [0.5, 0.6) is 0 Å². The highest BCUT2D eigenvalue weighted by Crippen LogP contribution is 2.22. The van der Waals surface area contributed by atoms with Gasteiger partial charge in [0.2, 0.25) is 5.91 Å². The zero-order valence-corrected chi connectivity index (χ0v) is 14.3. The summed E-state index contributed by atoms with van der Waals surface area (Å²) in [5.74, 6) is -0.0764. The largest absolute Gasteiger partial charge is 0.392 e. The van der Waals surface area contributed by atoms with Gasteiger partial charge in [-0.15, -0.1) is 0 Å². The summed E-state index contributed by atoms with van der Waals surface area (Å²) in [6, 6.07) is 7.75. The Bertz CT molecular complexity index is 495. The SMILES string of the molecule is CC(C)C(O)CC(=O)Nc1cccc(COC2CCCCC2)c1. The van der Waals surface area contributed by atoms with Gasteiger partial charge in [-0.05, 0) is 36.5 Å². The third-order valence-corrected chi connectivity index (χ3v) is 4.41. The van der Waals surface area contributed by atoms with E-state index in [1.165, 1.54) is 19.3 Å². The van der Waals surface area contributed by atoms with Crippen LogP contribution in [0.1, 0.15) is 57.9 Å². The van der Waals surface area contributed by atoms with Crippen molar-refractivity contribution in [3.05, 3.63) is 29.8 Å². The number of nitrogens with one attached hydrogen (secondary N) is 1. The van der Waals surface area contributed by atoms with E-state index >= 15 is 0 Å². The highest BCUT2D eigenvalue weighted by molar-refractivity contribution is 5.91. The second-order valence-corrected chi connectivity index (χ2v) is 6.84. The predicted octanol–water partition coefficient (Wildman–Crippen LogP) is 3.88. The summed E-state index contributed by atoms with van der Waals surface area (Å²) in [6.07, 6.45) is 6.06. The molecule has 0 aromatic heterocycles. The number of rotatable bonds is 7. The van der Waals surface area contributed by atoms with Gasteiger partial charge >= 0.3 is 0 Å². The van der Waals surface area contributed by atoms with Crippen molar-refractivity contribution in [2.24, 2.45) is 5.92 Å². The summed E-state index contributed by atoms with van der Waals surface area (Å²) in [7, 11) is 0. The number of amides is 1. The van der Waals surface area contributed by atoms with Crippen LogP contribution < -0.4 is 5.32 Å². The van der Waals surface area contributed by atoms with Gasteiger partial charge in [-0.3, -0.25) is 4.79 Å². The average molecular weight is 319 g/mol. The first-order chi connectivity index (χ1) is 11.0. The fraction of sp³-hybridized carbons (Fsp3) is 0.632. The Kier molecular flexibility index (Phi) is 7.06. The van der Waals surface area contributed by atoms with Crippen molar-refractivity contribution in [2.75, 3.05) is 5.32 Å². The molecule has 1 amide bonds. The van der Waals surface area contributed by atoms with E-state index in [1.807, 2.05) is 38.1 Å². The Morgan fingerprint density at radius 1 is 1.30 bits per heavy atom. The molecular formula is C19H29NO3. The molecule has 0 saturated heterocycles. The number of carbonyl (C=O) groups excluding carboxylic acids is 1. The van der Waals surface area contributed by atoms with E-state index in [4.69, 9.17) is 4.74 Å². The molecule has 0 heterocycles. The van der Waals surface area contributed by atoms with Crippen LogP contribution in [0.4, 0.5) is 5.69 Å². The highest BCUT2D eigenvalue weighted by Gasteiger charge is 2.15. The second kappa shape index (κ2) is 9.04. The quantitative estimate of drug-likeness (QED) is 0.802. The van der Waals surface area contributed by atoms with Crippen molar-refractivity contribution in [1.82, 2.24) is 0 Å². The van der Waals surface area contributed by atoms with E-state index < -0.39 is 6.10 Å². The molecule has 1 aliphatic carbocycles. The molecule has 1 fully saturated rings.